The zero-order valence-corrected chi connectivity index (χ0v) is 11.6. The molecule has 0 atom stereocenters. The van der Waals surface area contributed by atoms with E-state index in [1.165, 1.54) is 5.56 Å². The van der Waals surface area contributed by atoms with Crippen LogP contribution in [0.4, 0.5) is 0 Å². The molecule has 2 heterocycles. The van der Waals surface area contributed by atoms with Crippen molar-refractivity contribution in [2.45, 2.75) is 6.54 Å². The lowest BCUT2D eigenvalue weighted by atomic mass is 10.2. The van der Waals surface area contributed by atoms with Gasteiger partial charge in [-0.25, -0.2) is 0 Å². The standard InChI is InChI=1S/C13H18BrN3/c1-12(14)10-16-5-7-17(8-6-16)11-13-3-2-4-15-9-13/h2-4,9H,1,5-8,10-11H2. The third-order valence-corrected chi connectivity index (χ3v) is 3.24. The van der Waals surface area contributed by atoms with Gasteiger partial charge in [0.15, 0.2) is 0 Å². The van der Waals surface area contributed by atoms with Crippen LogP contribution in [0.25, 0.3) is 0 Å². The van der Waals surface area contributed by atoms with E-state index in [4.69, 9.17) is 0 Å². The van der Waals surface area contributed by atoms with Crippen LogP contribution in [0.2, 0.25) is 0 Å². The summed E-state index contributed by atoms with van der Waals surface area (Å²) in [5.41, 5.74) is 1.30. The highest BCUT2D eigenvalue weighted by molar-refractivity contribution is 9.11. The maximum Gasteiger partial charge on any atom is 0.0312 e. The van der Waals surface area contributed by atoms with Crippen molar-refractivity contribution in [1.82, 2.24) is 14.8 Å². The number of hydrogen-bond acceptors (Lipinski definition) is 3. The van der Waals surface area contributed by atoms with Crippen LogP contribution in [0.15, 0.2) is 35.6 Å². The van der Waals surface area contributed by atoms with Gasteiger partial charge in [0.2, 0.25) is 0 Å². The molecule has 0 N–H and O–H groups in total. The molecule has 1 aliphatic heterocycles. The molecule has 92 valence electrons. The molecule has 0 aromatic carbocycles. The SMILES string of the molecule is C=C(Br)CN1CCN(Cc2cccnc2)CC1. The smallest absolute Gasteiger partial charge is 0.0312 e. The Balaban J connectivity index is 1.78. The molecule has 4 heteroatoms. The average Bonchev–Trinajstić information content (AvgIpc) is 2.32. The molecule has 0 aliphatic carbocycles. The summed E-state index contributed by atoms with van der Waals surface area (Å²) in [5, 5.41) is 0. The molecule has 3 nitrogen and oxygen atoms in total. The van der Waals surface area contributed by atoms with Gasteiger partial charge in [0.05, 0.1) is 0 Å². The third kappa shape index (κ3) is 4.22. The molecular weight excluding hydrogens is 278 g/mol. The normalized spacial score (nSPS) is 18.2. The number of piperazine rings is 1. The molecule has 0 radical (unpaired) electrons. The summed E-state index contributed by atoms with van der Waals surface area (Å²) < 4.78 is 1.07. The molecule has 0 spiro atoms. The van der Waals surface area contributed by atoms with Gasteiger partial charge in [-0.3, -0.25) is 14.8 Å². The van der Waals surface area contributed by atoms with Gasteiger partial charge in [-0.15, -0.1) is 0 Å². The van der Waals surface area contributed by atoms with E-state index in [0.29, 0.717) is 0 Å². The minimum Gasteiger partial charge on any atom is -0.296 e. The van der Waals surface area contributed by atoms with Crippen molar-refractivity contribution in [2.24, 2.45) is 0 Å². The van der Waals surface area contributed by atoms with E-state index in [1.807, 2.05) is 18.5 Å². The number of aromatic nitrogens is 1. The Morgan fingerprint density at radius 2 is 2.00 bits per heavy atom. The lowest BCUT2D eigenvalue weighted by Gasteiger charge is -2.34. The first-order valence-corrected chi connectivity index (χ1v) is 6.70. The predicted octanol–water partition coefficient (Wildman–Crippen LogP) is 2.11. The Kier molecular flexibility index (Phi) is 4.71. The molecule has 2 rings (SSSR count). The van der Waals surface area contributed by atoms with Crippen LogP contribution >= 0.6 is 15.9 Å². The van der Waals surface area contributed by atoms with E-state index >= 15 is 0 Å². The quantitative estimate of drug-likeness (QED) is 0.848. The van der Waals surface area contributed by atoms with E-state index in [0.717, 1.165) is 43.8 Å². The van der Waals surface area contributed by atoms with E-state index in [9.17, 15) is 0 Å². The second kappa shape index (κ2) is 6.28. The fraction of sp³-hybridized carbons (Fsp3) is 0.462. The van der Waals surface area contributed by atoms with E-state index < -0.39 is 0 Å². The topological polar surface area (TPSA) is 19.4 Å². The molecule has 1 aliphatic rings. The lowest BCUT2D eigenvalue weighted by molar-refractivity contribution is 0.136. The van der Waals surface area contributed by atoms with Gasteiger partial charge < -0.3 is 0 Å². The highest BCUT2D eigenvalue weighted by Crippen LogP contribution is 2.10. The van der Waals surface area contributed by atoms with E-state index in [1.54, 1.807) is 0 Å². The van der Waals surface area contributed by atoms with Gasteiger partial charge >= 0.3 is 0 Å². The van der Waals surface area contributed by atoms with Crippen molar-refractivity contribution in [3.63, 3.8) is 0 Å². The minimum absolute atomic E-state index is 0.959. The summed E-state index contributed by atoms with van der Waals surface area (Å²) in [6.07, 6.45) is 3.77. The van der Waals surface area contributed by atoms with Gasteiger partial charge in [-0.05, 0) is 11.6 Å². The Hall–Kier alpha value is -0.710. The van der Waals surface area contributed by atoms with Crippen molar-refractivity contribution in [2.75, 3.05) is 32.7 Å². The van der Waals surface area contributed by atoms with Gasteiger partial charge in [-0.1, -0.05) is 28.6 Å². The first kappa shape index (κ1) is 12.7. The Morgan fingerprint density at radius 3 is 2.59 bits per heavy atom. The van der Waals surface area contributed by atoms with Crippen LogP contribution in [0.3, 0.4) is 0 Å². The predicted molar refractivity (Wildman–Crippen MR) is 74.0 cm³/mol. The number of nitrogens with zero attached hydrogens (tertiary/aromatic N) is 3. The summed E-state index contributed by atoms with van der Waals surface area (Å²) in [7, 11) is 0. The summed E-state index contributed by atoms with van der Waals surface area (Å²) in [6.45, 7) is 10.3. The maximum absolute atomic E-state index is 4.15. The number of pyridine rings is 1. The summed E-state index contributed by atoms with van der Waals surface area (Å²) in [6, 6.07) is 4.14. The van der Waals surface area contributed by atoms with Crippen molar-refractivity contribution < 1.29 is 0 Å². The van der Waals surface area contributed by atoms with Crippen molar-refractivity contribution in [3.8, 4) is 0 Å². The molecule has 0 unspecified atom stereocenters. The second-order valence-electron chi connectivity index (χ2n) is 4.43. The van der Waals surface area contributed by atoms with E-state index in [-0.39, 0.29) is 0 Å². The highest BCUT2D eigenvalue weighted by Gasteiger charge is 2.16. The molecule has 17 heavy (non-hydrogen) atoms. The zero-order valence-electron chi connectivity index (χ0n) is 9.98. The fourth-order valence-electron chi connectivity index (χ4n) is 2.10. The van der Waals surface area contributed by atoms with E-state index in [2.05, 4.69) is 43.4 Å². The molecule has 1 saturated heterocycles. The average molecular weight is 296 g/mol. The van der Waals surface area contributed by atoms with Crippen molar-refractivity contribution in [1.29, 1.82) is 0 Å². The largest absolute Gasteiger partial charge is 0.296 e. The van der Waals surface area contributed by atoms with Crippen LogP contribution in [0.5, 0.6) is 0 Å². The van der Waals surface area contributed by atoms with Crippen LogP contribution in [0.1, 0.15) is 5.56 Å². The second-order valence-corrected chi connectivity index (χ2v) is 5.55. The number of hydrogen-bond donors (Lipinski definition) is 0. The highest BCUT2D eigenvalue weighted by atomic mass is 79.9. The minimum atomic E-state index is 0.959. The lowest BCUT2D eigenvalue weighted by Crippen LogP contribution is -2.46. The number of halogens is 1. The first-order valence-electron chi connectivity index (χ1n) is 5.91. The van der Waals surface area contributed by atoms with Gasteiger partial charge in [0.1, 0.15) is 0 Å². The summed E-state index contributed by atoms with van der Waals surface area (Å²) in [4.78, 5) is 9.05. The molecule has 0 bridgehead atoms. The molecule has 1 fully saturated rings. The van der Waals surface area contributed by atoms with Crippen LogP contribution < -0.4 is 0 Å². The van der Waals surface area contributed by atoms with Crippen LogP contribution in [0, 0.1) is 0 Å². The Labute approximate surface area is 111 Å². The van der Waals surface area contributed by atoms with Gasteiger partial charge in [0.25, 0.3) is 0 Å². The maximum atomic E-state index is 4.15. The molecular formula is C13H18BrN3. The molecule has 1 aromatic heterocycles. The zero-order chi connectivity index (χ0) is 12.1. The molecule has 0 saturated carbocycles. The molecule has 0 amide bonds. The third-order valence-electron chi connectivity index (χ3n) is 2.99. The molecule has 1 aromatic rings. The first-order chi connectivity index (χ1) is 8.24. The fourth-order valence-corrected chi connectivity index (χ4v) is 2.45. The van der Waals surface area contributed by atoms with Crippen molar-refractivity contribution >= 4 is 15.9 Å². The summed E-state index contributed by atoms with van der Waals surface area (Å²) >= 11 is 3.42. The van der Waals surface area contributed by atoms with Crippen LogP contribution in [-0.2, 0) is 6.54 Å². The van der Waals surface area contributed by atoms with Crippen molar-refractivity contribution in [3.05, 3.63) is 41.2 Å². The van der Waals surface area contributed by atoms with Crippen LogP contribution in [-0.4, -0.2) is 47.5 Å². The van der Waals surface area contributed by atoms with Gasteiger partial charge in [-0.2, -0.15) is 0 Å². The summed E-state index contributed by atoms with van der Waals surface area (Å²) in [5.74, 6) is 0. The number of rotatable bonds is 4. The monoisotopic (exact) mass is 295 g/mol. The Morgan fingerprint density at radius 1 is 1.29 bits per heavy atom. The Bertz CT molecular complexity index is 358. The van der Waals surface area contributed by atoms with Gasteiger partial charge in [0, 0.05) is 56.1 Å².